The Balaban J connectivity index is 1.95. The molecule has 1 heterocycles. The molecule has 1 N–H and O–H groups in total. The molecule has 1 aromatic heterocycles. The van der Waals surface area contributed by atoms with Gasteiger partial charge in [-0.3, -0.25) is 0 Å². The van der Waals surface area contributed by atoms with E-state index in [4.69, 9.17) is 4.74 Å². The van der Waals surface area contributed by atoms with Gasteiger partial charge in [-0.1, -0.05) is 6.07 Å². The largest absolute Gasteiger partial charge is 0.461 e. The lowest BCUT2D eigenvalue weighted by molar-refractivity contribution is -0.137. The molecule has 1 aromatic carbocycles. The lowest BCUT2D eigenvalue weighted by atomic mass is 9.89. The van der Waals surface area contributed by atoms with Crippen LogP contribution in [0.25, 0.3) is 0 Å². The van der Waals surface area contributed by atoms with Crippen molar-refractivity contribution < 1.29 is 22.7 Å². The molecule has 0 fully saturated rings. The number of anilines is 2. The summed E-state index contributed by atoms with van der Waals surface area (Å²) in [6.45, 7) is 1.99. The van der Waals surface area contributed by atoms with Crippen molar-refractivity contribution in [3.63, 3.8) is 0 Å². The third-order valence-electron chi connectivity index (χ3n) is 4.34. The van der Waals surface area contributed by atoms with E-state index < -0.39 is 17.7 Å². The summed E-state index contributed by atoms with van der Waals surface area (Å²) >= 11 is 0. The number of ether oxygens (including phenoxy) is 1. The number of hydrogen-bond donors (Lipinski definition) is 1. The maximum Gasteiger partial charge on any atom is 0.416 e. The molecule has 7 heteroatoms. The van der Waals surface area contributed by atoms with Crippen LogP contribution >= 0.6 is 0 Å². The SMILES string of the molecule is CCOC(=O)c1ncc(Nc2cccc(C(F)(F)F)c2)c2c1CCCC2. The number of esters is 1. The van der Waals surface area contributed by atoms with Crippen LogP contribution in [0.15, 0.2) is 30.5 Å². The summed E-state index contributed by atoms with van der Waals surface area (Å²) < 4.78 is 43.8. The van der Waals surface area contributed by atoms with E-state index in [1.807, 2.05) is 0 Å². The molecule has 0 atom stereocenters. The number of benzene rings is 1. The summed E-state index contributed by atoms with van der Waals surface area (Å²) in [6, 6.07) is 5.03. The molecule has 0 saturated heterocycles. The Hall–Kier alpha value is -2.57. The molecule has 4 nitrogen and oxygen atoms in total. The van der Waals surface area contributed by atoms with Gasteiger partial charge in [0.15, 0.2) is 5.69 Å². The van der Waals surface area contributed by atoms with E-state index in [9.17, 15) is 18.0 Å². The highest BCUT2D eigenvalue weighted by atomic mass is 19.4. The van der Waals surface area contributed by atoms with Crippen LogP contribution in [0.2, 0.25) is 0 Å². The molecule has 0 unspecified atom stereocenters. The third kappa shape index (κ3) is 3.81. The number of fused-ring (bicyclic) bond motifs is 1. The fourth-order valence-corrected chi connectivity index (χ4v) is 3.16. The van der Waals surface area contributed by atoms with Crippen LogP contribution < -0.4 is 5.32 Å². The molecule has 1 aliphatic rings. The smallest absolute Gasteiger partial charge is 0.416 e. The Morgan fingerprint density at radius 1 is 1.23 bits per heavy atom. The van der Waals surface area contributed by atoms with Gasteiger partial charge in [0.25, 0.3) is 0 Å². The fraction of sp³-hybridized carbons (Fsp3) is 0.368. The minimum atomic E-state index is -4.40. The van der Waals surface area contributed by atoms with Gasteiger partial charge in [0.1, 0.15) is 0 Å². The Kier molecular flexibility index (Phi) is 5.15. The summed E-state index contributed by atoms with van der Waals surface area (Å²) in [5.41, 5.74) is 2.30. The topological polar surface area (TPSA) is 51.2 Å². The van der Waals surface area contributed by atoms with E-state index in [1.54, 1.807) is 13.0 Å². The number of nitrogens with one attached hydrogen (secondary N) is 1. The molecule has 2 aromatic rings. The summed E-state index contributed by atoms with van der Waals surface area (Å²) in [5.74, 6) is -0.462. The molecule has 1 aliphatic carbocycles. The summed E-state index contributed by atoms with van der Waals surface area (Å²) in [7, 11) is 0. The average molecular weight is 364 g/mol. The molecule has 0 bridgehead atoms. The molecule has 0 amide bonds. The van der Waals surface area contributed by atoms with E-state index in [-0.39, 0.29) is 6.61 Å². The lowest BCUT2D eigenvalue weighted by Crippen LogP contribution is -2.17. The van der Waals surface area contributed by atoms with Crippen molar-refractivity contribution in [3.8, 4) is 0 Å². The van der Waals surface area contributed by atoms with Gasteiger partial charge in [0.05, 0.1) is 24.1 Å². The van der Waals surface area contributed by atoms with Crippen molar-refractivity contribution in [2.45, 2.75) is 38.8 Å². The van der Waals surface area contributed by atoms with Gasteiger partial charge in [-0.2, -0.15) is 13.2 Å². The lowest BCUT2D eigenvalue weighted by Gasteiger charge is -2.22. The Labute approximate surface area is 149 Å². The number of carbonyl (C=O) groups is 1. The van der Waals surface area contributed by atoms with Crippen LogP contribution in [0.1, 0.15) is 46.9 Å². The zero-order valence-corrected chi connectivity index (χ0v) is 14.3. The first-order valence-corrected chi connectivity index (χ1v) is 8.52. The van der Waals surface area contributed by atoms with E-state index in [1.165, 1.54) is 12.3 Å². The molecular formula is C19H19F3N2O2. The first-order valence-electron chi connectivity index (χ1n) is 8.52. The first kappa shape index (κ1) is 18.2. The molecule has 0 saturated carbocycles. The Bertz CT molecular complexity index is 819. The molecule has 26 heavy (non-hydrogen) atoms. The molecule has 0 spiro atoms. The van der Waals surface area contributed by atoms with Crippen molar-refractivity contribution in [1.82, 2.24) is 4.98 Å². The second kappa shape index (κ2) is 7.35. The number of nitrogens with zero attached hydrogens (tertiary/aromatic N) is 1. The predicted molar refractivity (Wildman–Crippen MR) is 91.6 cm³/mol. The minimum absolute atomic E-state index is 0.263. The monoisotopic (exact) mass is 364 g/mol. The number of carbonyl (C=O) groups excluding carboxylic acids is 1. The fourth-order valence-electron chi connectivity index (χ4n) is 3.16. The van der Waals surface area contributed by atoms with Crippen molar-refractivity contribution in [2.24, 2.45) is 0 Å². The zero-order chi connectivity index (χ0) is 18.7. The van der Waals surface area contributed by atoms with Crippen LogP contribution in [0, 0.1) is 0 Å². The molecule has 0 radical (unpaired) electrons. The van der Waals surface area contributed by atoms with Gasteiger partial charge in [-0.15, -0.1) is 0 Å². The van der Waals surface area contributed by atoms with Crippen molar-refractivity contribution in [1.29, 1.82) is 0 Å². The summed E-state index contributed by atoms with van der Waals surface area (Å²) in [6.07, 6.45) is 0.435. The number of pyridine rings is 1. The van der Waals surface area contributed by atoms with Crippen LogP contribution in [0.3, 0.4) is 0 Å². The van der Waals surface area contributed by atoms with E-state index in [2.05, 4.69) is 10.3 Å². The quantitative estimate of drug-likeness (QED) is 0.784. The molecular weight excluding hydrogens is 345 g/mol. The number of halogens is 3. The second-order valence-corrected chi connectivity index (χ2v) is 6.11. The predicted octanol–water partition coefficient (Wildman–Crippen LogP) is 4.90. The van der Waals surface area contributed by atoms with Gasteiger partial charge in [0.2, 0.25) is 0 Å². The molecule has 138 valence electrons. The Morgan fingerprint density at radius 3 is 2.65 bits per heavy atom. The summed E-state index contributed by atoms with van der Waals surface area (Å²) in [4.78, 5) is 16.3. The van der Waals surface area contributed by atoms with Crippen molar-refractivity contribution in [2.75, 3.05) is 11.9 Å². The van der Waals surface area contributed by atoms with Gasteiger partial charge >= 0.3 is 12.1 Å². The molecule has 0 aliphatic heterocycles. The van der Waals surface area contributed by atoms with Gasteiger partial charge < -0.3 is 10.1 Å². The number of hydrogen-bond acceptors (Lipinski definition) is 4. The van der Waals surface area contributed by atoms with Crippen LogP contribution in [-0.4, -0.2) is 17.6 Å². The number of aromatic nitrogens is 1. The van der Waals surface area contributed by atoms with Gasteiger partial charge in [0, 0.05) is 5.69 Å². The zero-order valence-electron chi connectivity index (χ0n) is 14.3. The minimum Gasteiger partial charge on any atom is -0.461 e. The second-order valence-electron chi connectivity index (χ2n) is 6.11. The highest BCUT2D eigenvalue weighted by Crippen LogP contribution is 2.34. The van der Waals surface area contributed by atoms with Crippen LogP contribution in [0.4, 0.5) is 24.5 Å². The van der Waals surface area contributed by atoms with Crippen molar-refractivity contribution >= 4 is 17.3 Å². The molecule has 3 rings (SSSR count). The Morgan fingerprint density at radius 2 is 1.96 bits per heavy atom. The number of rotatable bonds is 4. The van der Waals surface area contributed by atoms with E-state index in [0.29, 0.717) is 23.5 Å². The third-order valence-corrected chi connectivity index (χ3v) is 4.34. The van der Waals surface area contributed by atoms with Crippen LogP contribution in [-0.2, 0) is 23.8 Å². The standard InChI is InChI=1S/C19H19F3N2O2/c1-2-26-18(25)17-15-9-4-3-8-14(15)16(11-23-17)24-13-7-5-6-12(10-13)19(20,21)22/h5-7,10-11,24H,2-4,8-9H2,1H3. The van der Waals surface area contributed by atoms with Gasteiger partial charge in [-0.05, 0) is 61.9 Å². The normalized spacial score (nSPS) is 13.8. The maximum atomic E-state index is 12.9. The summed E-state index contributed by atoms with van der Waals surface area (Å²) in [5, 5.41) is 3.03. The van der Waals surface area contributed by atoms with E-state index in [0.717, 1.165) is 42.5 Å². The highest BCUT2D eigenvalue weighted by molar-refractivity contribution is 5.90. The van der Waals surface area contributed by atoms with Crippen molar-refractivity contribution in [3.05, 3.63) is 52.8 Å². The van der Waals surface area contributed by atoms with E-state index >= 15 is 0 Å². The highest BCUT2D eigenvalue weighted by Gasteiger charge is 2.30. The van der Waals surface area contributed by atoms with Gasteiger partial charge in [-0.25, -0.2) is 9.78 Å². The average Bonchev–Trinajstić information content (AvgIpc) is 2.62. The van der Waals surface area contributed by atoms with Crippen LogP contribution in [0.5, 0.6) is 0 Å². The number of alkyl halides is 3. The first-order chi connectivity index (χ1) is 12.4. The maximum absolute atomic E-state index is 12.9.